The number of aromatic nitrogens is 1. The Morgan fingerprint density at radius 3 is 1.93 bits per heavy atom. The summed E-state index contributed by atoms with van der Waals surface area (Å²) in [5.41, 5.74) is 9.50. The van der Waals surface area contributed by atoms with Gasteiger partial charge in [-0.15, -0.1) is 11.3 Å². The summed E-state index contributed by atoms with van der Waals surface area (Å²) in [5, 5.41) is 13.4. The molecule has 250 valence electrons. The van der Waals surface area contributed by atoms with E-state index in [0.717, 1.165) is 50.2 Å². The van der Waals surface area contributed by atoms with Crippen molar-refractivity contribution in [3.8, 4) is 33.5 Å². The van der Waals surface area contributed by atoms with Crippen molar-refractivity contribution in [3.63, 3.8) is 0 Å². The van der Waals surface area contributed by atoms with Gasteiger partial charge in [0.2, 0.25) is 0 Å². The number of hydrogen-bond acceptors (Lipinski definition) is 3. The number of fused-ring (bicyclic) bond motifs is 14. The van der Waals surface area contributed by atoms with Crippen LogP contribution in [0.5, 0.6) is 0 Å². The second kappa shape index (κ2) is 11.3. The van der Waals surface area contributed by atoms with Gasteiger partial charge in [-0.3, -0.25) is 0 Å². The van der Waals surface area contributed by atoms with Crippen LogP contribution in [0.3, 0.4) is 0 Å². The number of nitrogens with zero attached hydrogens (tertiary/aromatic N) is 1. The van der Waals surface area contributed by atoms with E-state index in [9.17, 15) is 0 Å². The summed E-state index contributed by atoms with van der Waals surface area (Å²) in [7, 11) is 0. The molecule has 54 heavy (non-hydrogen) atoms. The molecule has 0 spiro atoms. The van der Waals surface area contributed by atoms with Crippen molar-refractivity contribution in [2.24, 2.45) is 0 Å². The van der Waals surface area contributed by atoms with Crippen LogP contribution in [0, 0.1) is 0 Å². The van der Waals surface area contributed by atoms with Crippen molar-refractivity contribution >= 4 is 96.7 Å². The predicted octanol–water partition coefficient (Wildman–Crippen LogP) is 15.0. The lowest BCUT2D eigenvalue weighted by Crippen LogP contribution is -1.91. The predicted molar refractivity (Wildman–Crippen MR) is 231 cm³/mol. The van der Waals surface area contributed by atoms with E-state index >= 15 is 0 Å². The van der Waals surface area contributed by atoms with E-state index in [1.165, 1.54) is 68.6 Å². The summed E-state index contributed by atoms with van der Waals surface area (Å²) >= 11 is 1.88. The van der Waals surface area contributed by atoms with Crippen LogP contribution in [-0.4, -0.2) is 4.98 Å². The lowest BCUT2D eigenvalue weighted by molar-refractivity contribution is 0.670. The first-order chi connectivity index (χ1) is 26.8. The first-order valence-electron chi connectivity index (χ1n) is 18.4. The lowest BCUT2D eigenvalue weighted by Gasteiger charge is -2.13. The van der Waals surface area contributed by atoms with Crippen LogP contribution < -0.4 is 0 Å². The standard InChI is InChI=1S/C51H29NOS/c1-2-11-33(12-3-1)49-41-26-25-39-38-16-8-9-17-45(38)54-51(39)46(41)40-24-22-34(29-43(40)52-49)30-18-20-32(21-19-30)42-28-35-13-5-7-15-37(35)48-47-36-14-6-4-10-31(36)23-27-44(47)53-50(42)48/h1-29H. The van der Waals surface area contributed by atoms with Crippen LogP contribution in [0.1, 0.15) is 0 Å². The zero-order chi connectivity index (χ0) is 35.3. The van der Waals surface area contributed by atoms with Gasteiger partial charge in [0.25, 0.3) is 0 Å². The summed E-state index contributed by atoms with van der Waals surface area (Å²) < 4.78 is 9.37. The first kappa shape index (κ1) is 29.7. The number of thiophene rings is 1. The Balaban J connectivity index is 1.04. The minimum atomic E-state index is 0.914. The zero-order valence-electron chi connectivity index (χ0n) is 29.0. The van der Waals surface area contributed by atoms with Gasteiger partial charge in [-0.05, 0) is 62.5 Å². The summed E-state index contributed by atoms with van der Waals surface area (Å²) in [6.07, 6.45) is 0. The smallest absolute Gasteiger partial charge is 0.143 e. The molecule has 0 aliphatic carbocycles. The molecule has 0 bridgehead atoms. The van der Waals surface area contributed by atoms with Crippen LogP contribution in [-0.2, 0) is 0 Å². The Bertz CT molecular complexity index is 3480. The minimum Gasteiger partial charge on any atom is -0.455 e. The molecule has 0 atom stereocenters. The zero-order valence-corrected chi connectivity index (χ0v) is 29.8. The van der Waals surface area contributed by atoms with Gasteiger partial charge in [0, 0.05) is 58.2 Å². The molecule has 0 fully saturated rings. The Hall–Kier alpha value is -6.81. The Morgan fingerprint density at radius 2 is 1.07 bits per heavy atom. The highest BCUT2D eigenvalue weighted by molar-refractivity contribution is 7.26. The number of pyridine rings is 1. The number of hydrogen-bond donors (Lipinski definition) is 0. The molecule has 0 unspecified atom stereocenters. The van der Waals surface area contributed by atoms with Gasteiger partial charge in [0.1, 0.15) is 11.2 Å². The molecule has 0 saturated heterocycles. The van der Waals surface area contributed by atoms with Crippen molar-refractivity contribution in [3.05, 3.63) is 176 Å². The largest absolute Gasteiger partial charge is 0.455 e. The minimum absolute atomic E-state index is 0.914. The quantitative estimate of drug-likeness (QED) is 0.171. The second-order valence-corrected chi connectivity index (χ2v) is 15.3. The topological polar surface area (TPSA) is 26.0 Å². The van der Waals surface area contributed by atoms with Gasteiger partial charge in [-0.2, -0.15) is 0 Å². The maximum Gasteiger partial charge on any atom is 0.143 e. The molecule has 0 amide bonds. The highest BCUT2D eigenvalue weighted by Gasteiger charge is 2.19. The normalized spacial score (nSPS) is 12.1. The van der Waals surface area contributed by atoms with Crippen LogP contribution in [0.25, 0.3) is 119 Å². The van der Waals surface area contributed by atoms with Crippen molar-refractivity contribution in [2.45, 2.75) is 0 Å². The summed E-state index contributed by atoms with van der Waals surface area (Å²) in [6.45, 7) is 0. The fraction of sp³-hybridized carbons (Fsp3) is 0. The lowest BCUT2D eigenvalue weighted by atomic mass is 9.93. The molecule has 3 heterocycles. The monoisotopic (exact) mass is 703 g/mol. The average Bonchev–Trinajstić information content (AvgIpc) is 3.83. The third-order valence-corrected chi connectivity index (χ3v) is 12.4. The first-order valence-corrected chi connectivity index (χ1v) is 19.2. The van der Waals surface area contributed by atoms with E-state index in [1.54, 1.807) is 0 Å². The fourth-order valence-corrected chi connectivity index (χ4v) is 9.97. The molecule has 12 rings (SSSR count). The second-order valence-electron chi connectivity index (χ2n) is 14.2. The molecular weight excluding hydrogens is 675 g/mol. The molecule has 12 aromatic rings. The van der Waals surface area contributed by atoms with Gasteiger partial charge >= 0.3 is 0 Å². The van der Waals surface area contributed by atoms with Crippen molar-refractivity contribution in [1.29, 1.82) is 0 Å². The third kappa shape index (κ3) is 4.30. The van der Waals surface area contributed by atoms with Crippen molar-refractivity contribution < 1.29 is 4.42 Å². The van der Waals surface area contributed by atoms with E-state index in [2.05, 4.69) is 176 Å². The van der Waals surface area contributed by atoms with Crippen molar-refractivity contribution in [1.82, 2.24) is 4.98 Å². The van der Waals surface area contributed by atoms with Crippen LogP contribution >= 0.6 is 11.3 Å². The molecule has 0 saturated carbocycles. The van der Waals surface area contributed by atoms with Crippen LogP contribution in [0.2, 0.25) is 0 Å². The third-order valence-electron chi connectivity index (χ3n) is 11.2. The van der Waals surface area contributed by atoms with Gasteiger partial charge in [-0.1, -0.05) is 152 Å². The summed E-state index contributed by atoms with van der Waals surface area (Å²) in [5.74, 6) is 0. The fourth-order valence-electron chi connectivity index (χ4n) is 8.71. The summed E-state index contributed by atoms with van der Waals surface area (Å²) in [6, 6.07) is 63.4. The Morgan fingerprint density at radius 1 is 0.407 bits per heavy atom. The van der Waals surface area contributed by atoms with Gasteiger partial charge < -0.3 is 4.42 Å². The van der Waals surface area contributed by atoms with Gasteiger partial charge in [0.05, 0.1) is 11.2 Å². The molecule has 2 nitrogen and oxygen atoms in total. The Kier molecular flexibility index (Phi) is 6.25. The maximum atomic E-state index is 6.74. The number of furan rings is 1. The number of benzene rings is 9. The SMILES string of the molecule is c1ccc(-c2nc3cc(-c4ccc(-c5cc6ccccc6c6c5oc5ccc7ccccc7c56)cc4)ccc3c3c2ccc2c4ccccc4sc23)cc1. The molecule has 9 aromatic carbocycles. The number of rotatable bonds is 3. The molecule has 0 radical (unpaired) electrons. The molecule has 3 heteroatoms. The molecule has 3 aromatic heterocycles. The van der Waals surface area contributed by atoms with Crippen LogP contribution in [0.15, 0.2) is 180 Å². The maximum absolute atomic E-state index is 6.74. The highest BCUT2D eigenvalue weighted by Crippen LogP contribution is 2.45. The molecule has 0 N–H and O–H groups in total. The average molecular weight is 704 g/mol. The van der Waals surface area contributed by atoms with Gasteiger partial charge in [-0.25, -0.2) is 4.98 Å². The van der Waals surface area contributed by atoms with Crippen molar-refractivity contribution in [2.75, 3.05) is 0 Å². The molecule has 0 aliphatic heterocycles. The highest BCUT2D eigenvalue weighted by atomic mass is 32.1. The molecule has 0 aliphatic rings. The van der Waals surface area contributed by atoms with E-state index in [4.69, 9.17) is 9.40 Å². The Labute approximate surface area is 314 Å². The molecular formula is C51H29NOS. The van der Waals surface area contributed by atoms with Crippen LogP contribution in [0.4, 0.5) is 0 Å². The van der Waals surface area contributed by atoms with E-state index in [1.807, 2.05) is 11.3 Å². The van der Waals surface area contributed by atoms with Gasteiger partial charge in [0.15, 0.2) is 0 Å². The van der Waals surface area contributed by atoms with E-state index in [0.29, 0.717) is 0 Å². The summed E-state index contributed by atoms with van der Waals surface area (Å²) in [4.78, 5) is 5.38. The van der Waals surface area contributed by atoms with E-state index in [-0.39, 0.29) is 0 Å². The van der Waals surface area contributed by atoms with E-state index < -0.39 is 0 Å².